The lowest BCUT2D eigenvalue weighted by Gasteiger charge is -2.38. The molecule has 1 aliphatic heterocycles. The molecule has 0 radical (unpaired) electrons. The molecule has 1 saturated heterocycles. The van der Waals surface area contributed by atoms with Gasteiger partial charge in [0.05, 0.1) is 13.1 Å². The molecule has 0 unspecified atom stereocenters. The molecular formula is C15H19N5O2. The molecule has 2 aromatic heterocycles. The van der Waals surface area contributed by atoms with E-state index in [1.807, 2.05) is 0 Å². The zero-order valence-corrected chi connectivity index (χ0v) is 12.4. The van der Waals surface area contributed by atoms with Crippen LogP contribution in [0.3, 0.4) is 0 Å². The van der Waals surface area contributed by atoms with E-state index in [1.165, 1.54) is 23.9 Å². The van der Waals surface area contributed by atoms with Crippen LogP contribution in [-0.2, 0) is 13.1 Å². The van der Waals surface area contributed by atoms with E-state index in [0.29, 0.717) is 18.4 Å². The fourth-order valence-corrected chi connectivity index (χ4v) is 3.04. The largest absolute Gasteiger partial charge is 0.339 e. The van der Waals surface area contributed by atoms with Gasteiger partial charge < -0.3 is 4.52 Å². The van der Waals surface area contributed by atoms with Gasteiger partial charge in [0.25, 0.3) is 5.56 Å². The lowest BCUT2D eigenvalue weighted by Crippen LogP contribution is -2.49. The van der Waals surface area contributed by atoms with Gasteiger partial charge in [-0.15, -0.1) is 0 Å². The van der Waals surface area contributed by atoms with Gasteiger partial charge in [0, 0.05) is 37.2 Å². The highest BCUT2D eigenvalue weighted by Crippen LogP contribution is 2.35. The van der Waals surface area contributed by atoms with Crippen LogP contribution >= 0.6 is 0 Å². The molecule has 2 aliphatic rings. The summed E-state index contributed by atoms with van der Waals surface area (Å²) in [5, 5.41) is 8.16. The summed E-state index contributed by atoms with van der Waals surface area (Å²) in [7, 11) is 0. The van der Waals surface area contributed by atoms with E-state index in [2.05, 4.69) is 20.1 Å². The predicted octanol–water partition coefficient (Wildman–Crippen LogP) is 1.03. The van der Waals surface area contributed by atoms with Crippen molar-refractivity contribution < 1.29 is 4.52 Å². The second-order valence-electron chi connectivity index (χ2n) is 6.28. The number of rotatable bonds is 5. The highest BCUT2D eigenvalue weighted by Gasteiger charge is 2.30. The average molecular weight is 301 g/mol. The molecule has 2 aromatic rings. The molecule has 7 nitrogen and oxygen atoms in total. The standard InChI is InChI=1S/C15H19N5O2/c21-14-5-2-6-16-20(14)9-11-7-19(8-11)10-13-17-15(22-18-13)12-3-1-4-12/h2,5-6,11-12H,1,3-4,7-10H2. The van der Waals surface area contributed by atoms with Gasteiger partial charge in [-0.3, -0.25) is 9.69 Å². The molecule has 2 fully saturated rings. The second-order valence-corrected chi connectivity index (χ2v) is 6.28. The summed E-state index contributed by atoms with van der Waals surface area (Å²) in [4.78, 5) is 18.4. The van der Waals surface area contributed by atoms with Crippen LogP contribution in [0.4, 0.5) is 0 Å². The third kappa shape index (κ3) is 2.68. The smallest absolute Gasteiger partial charge is 0.266 e. The number of aromatic nitrogens is 4. The fourth-order valence-electron chi connectivity index (χ4n) is 3.04. The van der Waals surface area contributed by atoms with Crippen molar-refractivity contribution in [2.45, 2.75) is 38.3 Å². The Kier molecular flexibility index (Phi) is 3.49. The summed E-state index contributed by atoms with van der Waals surface area (Å²) in [5.74, 6) is 2.53. The van der Waals surface area contributed by atoms with Crippen LogP contribution in [0.5, 0.6) is 0 Å². The third-order valence-electron chi connectivity index (χ3n) is 4.55. The van der Waals surface area contributed by atoms with E-state index in [4.69, 9.17) is 4.52 Å². The van der Waals surface area contributed by atoms with Crippen LogP contribution in [0.25, 0.3) is 0 Å². The van der Waals surface area contributed by atoms with Crippen LogP contribution in [0.15, 0.2) is 27.6 Å². The fraction of sp³-hybridized carbons (Fsp3) is 0.600. The Morgan fingerprint density at radius 3 is 2.91 bits per heavy atom. The van der Waals surface area contributed by atoms with Crippen LogP contribution in [-0.4, -0.2) is 37.9 Å². The molecule has 0 spiro atoms. The highest BCUT2D eigenvalue weighted by atomic mass is 16.5. The van der Waals surface area contributed by atoms with E-state index in [-0.39, 0.29) is 5.56 Å². The van der Waals surface area contributed by atoms with Crippen molar-refractivity contribution in [2.75, 3.05) is 13.1 Å². The van der Waals surface area contributed by atoms with Crippen molar-refractivity contribution in [2.24, 2.45) is 5.92 Å². The van der Waals surface area contributed by atoms with Crippen LogP contribution < -0.4 is 5.56 Å². The molecule has 0 aromatic carbocycles. The van der Waals surface area contributed by atoms with Gasteiger partial charge in [-0.2, -0.15) is 10.1 Å². The van der Waals surface area contributed by atoms with Gasteiger partial charge in [-0.25, -0.2) is 4.68 Å². The third-order valence-corrected chi connectivity index (χ3v) is 4.55. The van der Waals surface area contributed by atoms with Crippen LogP contribution in [0, 0.1) is 5.92 Å². The zero-order valence-electron chi connectivity index (χ0n) is 12.4. The molecule has 0 amide bonds. The summed E-state index contributed by atoms with van der Waals surface area (Å²) in [6.45, 7) is 3.28. The molecule has 116 valence electrons. The summed E-state index contributed by atoms with van der Waals surface area (Å²) in [5.41, 5.74) is -0.0377. The zero-order chi connectivity index (χ0) is 14.9. The van der Waals surface area contributed by atoms with E-state index in [0.717, 1.165) is 31.3 Å². The van der Waals surface area contributed by atoms with Gasteiger partial charge in [0.2, 0.25) is 5.89 Å². The molecular weight excluding hydrogens is 282 g/mol. The van der Waals surface area contributed by atoms with Crippen molar-refractivity contribution in [1.82, 2.24) is 24.8 Å². The first-order chi connectivity index (χ1) is 10.8. The van der Waals surface area contributed by atoms with Gasteiger partial charge in [-0.05, 0) is 18.9 Å². The Balaban J connectivity index is 1.28. The first kappa shape index (κ1) is 13.6. The van der Waals surface area contributed by atoms with Crippen molar-refractivity contribution in [3.8, 4) is 0 Å². The first-order valence-corrected chi connectivity index (χ1v) is 7.85. The SMILES string of the molecule is O=c1cccnn1CC1CN(Cc2noc(C3CCC3)n2)C1. The van der Waals surface area contributed by atoms with Gasteiger partial charge >= 0.3 is 0 Å². The maximum absolute atomic E-state index is 11.6. The minimum atomic E-state index is -0.0377. The number of likely N-dealkylation sites (tertiary alicyclic amines) is 1. The molecule has 3 heterocycles. The lowest BCUT2D eigenvalue weighted by molar-refractivity contribution is 0.0732. The summed E-state index contributed by atoms with van der Waals surface area (Å²) in [6, 6.07) is 3.21. The predicted molar refractivity (Wildman–Crippen MR) is 78.2 cm³/mol. The minimum absolute atomic E-state index is 0.0377. The topological polar surface area (TPSA) is 77.0 Å². The maximum atomic E-state index is 11.6. The quantitative estimate of drug-likeness (QED) is 0.821. The van der Waals surface area contributed by atoms with Gasteiger partial charge in [-0.1, -0.05) is 11.6 Å². The molecule has 0 bridgehead atoms. The molecule has 1 saturated carbocycles. The number of hydrogen-bond donors (Lipinski definition) is 0. The summed E-state index contributed by atoms with van der Waals surface area (Å²) >= 11 is 0. The van der Waals surface area contributed by atoms with E-state index in [1.54, 1.807) is 18.3 Å². The molecule has 7 heteroatoms. The first-order valence-electron chi connectivity index (χ1n) is 7.85. The summed E-state index contributed by atoms with van der Waals surface area (Å²) < 4.78 is 6.87. The van der Waals surface area contributed by atoms with Crippen molar-refractivity contribution in [3.05, 3.63) is 40.4 Å². The Morgan fingerprint density at radius 1 is 1.32 bits per heavy atom. The highest BCUT2D eigenvalue weighted by molar-refractivity contribution is 4.99. The lowest BCUT2D eigenvalue weighted by atomic mass is 9.85. The molecule has 22 heavy (non-hydrogen) atoms. The van der Waals surface area contributed by atoms with Crippen LogP contribution in [0.1, 0.15) is 36.9 Å². The van der Waals surface area contributed by atoms with E-state index >= 15 is 0 Å². The van der Waals surface area contributed by atoms with Gasteiger partial charge in [0.1, 0.15) is 0 Å². The average Bonchev–Trinajstić information content (AvgIpc) is 2.85. The number of hydrogen-bond acceptors (Lipinski definition) is 6. The molecule has 0 atom stereocenters. The second kappa shape index (κ2) is 5.64. The normalized spacial score (nSPS) is 19.8. The van der Waals surface area contributed by atoms with Gasteiger partial charge in [0.15, 0.2) is 5.82 Å². The van der Waals surface area contributed by atoms with Crippen molar-refractivity contribution in [3.63, 3.8) is 0 Å². The Morgan fingerprint density at radius 2 is 2.18 bits per heavy atom. The monoisotopic (exact) mass is 301 g/mol. The van der Waals surface area contributed by atoms with Crippen molar-refractivity contribution in [1.29, 1.82) is 0 Å². The maximum Gasteiger partial charge on any atom is 0.266 e. The Labute approximate surface area is 127 Å². The molecule has 0 N–H and O–H groups in total. The van der Waals surface area contributed by atoms with E-state index < -0.39 is 0 Å². The number of nitrogens with zero attached hydrogens (tertiary/aromatic N) is 5. The molecule has 4 rings (SSSR count). The Bertz CT molecular complexity index is 700. The van der Waals surface area contributed by atoms with E-state index in [9.17, 15) is 4.79 Å². The Hall–Kier alpha value is -2.02. The molecule has 1 aliphatic carbocycles. The van der Waals surface area contributed by atoms with Crippen molar-refractivity contribution >= 4 is 0 Å². The minimum Gasteiger partial charge on any atom is -0.339 e. The van der Waals surface area contributed by atoms with Crippen LogP contribution in [0.2, 0.25) is 0 Å². The summed E-state index contributed by atoms with van der Waals surface area (Å²) in [6.07, 6.45) is 5.26.